The molecule has 0 radical (unpaired) electrons. The minimum atomic E-state index is -0.588. The summed E-state index contributed by atoms with van der Waals surface area (Å²) < 4.78 is 4.85. The zero-order valence-corrected chi connectivity index (χ0v) is 10.8. The standard InChI is InChI=1S/C12H18N2O4/c1-9-6-10(4-5-12(9)14(16)17)13(2)7-11(15)8-18-3/h4-6,11,15H,7-8H2,1-3H3. The Hall–Kier alpha value is -1.66. The molecule has 0 saturated carbocycles. The number of aliphatic hydroxyl groups is 1. The molecule has 0 aliphatic carbocycles. The first kappa shape index (κ1) is 14.4. The van der Waals surface area contributed by atoms with E-state index in [1.54, 1.807) is 19.1 Å². The maximum Gasteiger partial charge on any atom is 0.272 e. The van der Waals surface area contributed by atoms with Gasteiger partial charge in [0.1, 0.15) is 0 Å². The number of likely N-dealkylation sites (N-methyl/N-ethyl adjacent to an activating group) is 1. The normalized spacial score (nSPS) is 12.2. The molecule has 0 bridgehead atoms. The number of hydrogen-bond acceptors (Lipinski definition) is 5. The molecule has 1 rings (SSSR count). The smallest absolute Gasteiger partial charge is 0.272 e. The zero-order chi connectivity index (χ0) is 13.7. The molecule has 6 heteroatoms. The maximum absolute atomic E-state index is 10.7. The van der Waals surface area contributed by atoms with Crippen LogP contribution in [-0.2, 0) is 4.74 Å². The van der Waals surface area contributed by atoms with Gasteiger partial charge in [-0.25, -0.2) is 0 Å². The molecule has 0 saturated heterocycles. The van der Waals surface area contributed by atoms with E-state index in [2.05, 4.69) is 0 Å². The van der Waals surface area contributed by atoms with Crippen LogP contribution in [0.25, 0.3) is 0 Å². The second kappa shape index (κ2) is 6.32. The Balaban J connectivity index is 2.78. The number of anilines is 1. The van der Waals surface area contributed by atoms with Crippen LogP contribution in [-0.4, -0.2) is 43.4 Å². The molecule has 1 unspecified atom stereocenters. The number of rotatable bonds is 6. The SMILES string of the molecule is COCC(O)CN(C)c1ccc([N+](=O)[O-])c(C)c1. The van der Waals surface area contributed by atoms with Gasteiger partial charge in [0.15, 0.2) is 0 Å². The van der Waals surface area contributed by atoms with Crippen LogP contribution in [0.15, 0.2) is 18.2 Å². The predicted molar refractivity (Wildman–Crippen MR) is 69.0 cm³/mol. The van der Waals surface area contributed by atoms with E-state index in [1.165, 1.54) is 13.2 Å². The van der Waals surface area contributed by atoms with Gasteiger partial charge in [-0.05, 0) is 19.1 Å². The van der Waals surface area contributed by atoms with Gasteiger partial charge in [-0.2, -0.15) is 0 Å². The number of nitro groups is 1. The lowest BCUT2D eigenvalue weighted by molar-refractivity contribution is -0.385. The van der Waals surface area contributed by atoms with E-state index in [4.69, 9.17) is 4.74 Å². The number of methoxy groups -OCH3 is 1. The minimum Gasteiger partial charge on any atom is -0.389 e. The topological polar surface area (TPSA) is 75.8 Å². The van der Waals surface area contributed by atoms with Gasteiger partial charge in [-0.3, -0.25) is 10.1 Å². The average molecular weight is 254 g/mol. The molecule has 6 nitrogen and oxygen atoms in total. The number of nitrogens with zero attached hydrogens (tertiary/aromatic N) is 2. The number of benzene rings is 1. The highest BCUT2D eigenvalue weighted by molar-refractivity contribution is 5.54. The quantitative estimate of drug-likeness (QED) is 0.612. The Kier molecular flexibility index (Phi) is 5.06. The summed E-state index contributed by atoms with van der Waals surface area (Å²) in [4.78, 5) is 12.1. The van der Waals surface area contributed by atoms with E-state index in [9.17, 15) is 15.2 Å². The molecule has 1 aromatic rings. The van der Waals surface area contributed by atoms with Gasteiger partial charge in [0, 0.05) is 38.0 Å². The largest absolute Gasteiger partial charge is 0.389 e. The lowest BCUT2D eigenvalue weighted by Gasteiger charge is -2.22. The second-order valence-corrected chi connectivity index (χ2v) is 4.22. The molecule has 1 aromatic carbocycles. The van der Waals surface area contributed by atoms with Gasteiger partial charge in [-0.15, -0.1) is 0 Å². The van der Waals surface area contributed by atoms with Crippen molar-refractivity contribution in [2.75, 3.05) is 32.2 Å². The van der Waals surface area contributed by atoms with Gasteiger partial charge in [-0.1, -0.05) is 0 Å². The molecule has 0 spiro atoms. The van der Waals surface area contributed by atoms with Crippen LogP contribution in [0.1, 0.15) is 5.56 Å². The third kappa shape index (κ3) is 3.68. The predicted octanol–water partition coefficient (Wildman–Crippen LogP) is 1.35. The monoisotopic (exact) mass is 254 g/mol. The molecular weight excluding hydrogens is 236 g/mol. The summed E-state index contributed by atoms with van der Waals surface area (Å²) in [7, 11) is 3.35. The average Bonchev–Trinajstić information content (AvgIpc) is 2.28. The van der Waals surface area contributed by atoms with Crippen molar-refractivity contribution in [3.63, 3.8) is 0 Å². The molecule has 0 amide bonds. The van der Waals surface area contributed by atoms with E-state index in [1.807, 2.05) is 11.9 Å². The van der Waals surface area contributed by atoms with Crippen molar-refractivity contribution in [2.24, 2.45) is 0 Å². The first-order chi connectivity index (χ1) is 8.45. The lowest BCUT2D eigenvalue weighted by Crippen LogP contribution is -2.31. The Morgan fingerprint density at radius 2 is 2.22 bits per heavy atom. The zero-order valence-electron chi connectivity index (χ0n) is 10.8. The number of aliphatic hydroxyl groups excluding tert-OH is 1. The summed E-state index contributed by atoms with van der Waals surface area (Å²) >= 11 is 0. The van der Waals surface area contributed by atoms with Crippen LogP contribution in [0.3, 0.4) is 0 Å². The van der Waals surface area contributed by atoms with Gasteiger partial charge in [0.2, 0.25) is 0 Å². The molecule has 100 valence electrons. The summed E-state index contributed by atoms with van der Waals surface area (Å²) in [5.41, 5.74) is 1.53. The molecule has 0 heterocycles. The third-order valence-corrected chi connectivity index (χ3v) is 2.66. The van der Waals surface area contributed by atoms with E-state index in [0.29, 0.717) is 12.1 Å². The summed E-state index contributed by atoms with van der Waals surface area (Å²) in [6.07, 6.45) is -0.588. The van der Waals surface area contributed by atoms with Crippen molar-refractivity contribution < 1.29 is 14.8 Å². The van der Waals surface area contributed by atoms with Crippen molar-refractivity contribution in [1.82, 2.24) is 0 Å². The summed E-state index contributed by atoms with van der Waals surface area (Å²) in [6, 6.07) is 4.88. The first-order valence-corrected chi connectivity index (χ1v) is 5.59. The highest BCUT2D eigenvalue weighted by atomic mass is 16.6. The summed E-state index contributed by atoms with van der Waals surface area (Å²) in [5.74, 6) is 0. The van der Waals surface area contributed by atoms with E-state index in [-0.39, 0.29) is 12.3 Å². The van der Waals surface area contributed by atoms with E-state index < -0.39 is 11.0 Å². The van der Waals surface area contributed by atoms with E-state index >= 15 is 0 Å². The fraction of sp³-hybridized carbons (Fsp3) is 0.500. The Morgan fingerprint density at radius 1 is 1.56 bits per heavy atom. The van der Waals surface area contributed by atoms with Crippen molar-refractivity contribution in [1.29, 1.82) is 0 Å². The Labute approximate surface area is 106 Å². The van der Waals surface area contributed by atoms with Gasteiger partial charge < -0.3 is 14.7 Å². The number of aryl methyl sites for hydroxylation is 1. The second-order valence-electron chi connectivity index (χ2n) is 4.22. The highest BCUT2D eigenvalue weighted by Crippen LogP contribution is 2.23. The fourth-order valence-electron chi connectivity index (χ4n) is 1.75. The van der Waals surface area contributed by atoms with Crippen molar-refractivity contribution >= 4 is 11.4 Å². The minimum absolute atomic E-state index is 0.101. The Bertz CT molecular complexity index is 423. The third-order valence-electron chi connectivity index (χ3n) is 2.66. The summed E-state index contributed by atoms with van der Waals surface area (Å²) in [6.45, 7) is 2.36. The molecular formula is C12H18N2O4. The van der Waals surface area contributed by atoms with E-state index in [0.717, 1.165) is 5.69 Å². The van der Waals surface area contributed by atoms with Crippen LogP contribution >= 0.6 is 0 Å². The van der Waals surface area contributed by atoms with Gasteiger partial charge >= 0.3 is 0 Å². The number of hydrogen-bond donors (Lipinski definition) is 1. The molecule has 0 aromatic heterocycles. The number of nitro benzene ring substituents is 1. The first-order valence-electron chi connectivity index (χ1n) is 5.59. The highest BCUT2D eigenvalue weighted by Gasteiger charge is 2.13. The Morgan fingerprint density at radius 3 is 2.72 bits per heavy atom. The summed E-state index contributed by atoms with van der Waals surface area (Å²) in [5, 5.41) is 20.3. The number of ether oxygens (including phenoxy) is 1. The molecule has 0 aliphatic heterocycles. The lowest BCUT2D eigenvalue weighted by atomic mass is 10.1. The van der Waals surface area contributed by atoms with Crippen molar-refractivity contribution in [3.8, 4) is 0 Å². The van der Waals surface area contributed by atoms with Gasteiger partial charge in [0.05, 0.1) is 17.6 Å². The van der Waals surface area contributed by atoms with Crippen LogP contribution in [0.2, 0.25) is 0 Å². The molecule has 0 fully saturated rings. The maximum atomic E-state index is 10.7. The van der Waals surface area contributed by atoms with Crippen LogP contribution in [0, 0.1) is 17.0 Å². The van der Waals surface area contributed by atoms with Crippen LogP contribution in [0.5, 0.6) is 0 Å². The van der Waals surface area contributed by atoms with Gasteiger partial charge in [0.25, 0.3) is 5.69 Å². The molecule has 18 heavy (non-hydrogen) atoms. The van der Waals surface area contributed by atoms with Crippen LogP contribution in [0.4, 0.5) is 11.4 Å². The van der Waals surface area contributed by atoms with Crippen molar-refractivity contribution in [3.05, 3.63) is 33.9 Å². The fourth-order valence-corrected chi connectivity index (χ4v) is 1.75. The van der Waals surface area contributed by atoms with Crippen molar-refractivity contribution in [2.45, 2.75) is 13.0 Å². The molecule has 1 atom stereocenters. The molecule has 0 aliphatic rings. The van der Waals surface area contributed by atoms with Crippen LogP contribution < -0.4 is 4.90 Å². The molecule has 1 N–H and O–H groups in total.